The highest BCUT2D eigenvalue weighted by atomic mass is 32.2. The number of hydrogen-bond acceptors (Lipinski definition) is 3. The number of carbonyl (C=O) groups is 1. The zero-order valence-electron chi connectivity index (χ0n) is 13.9. The first-order valence-electron chi connectivity index (χ1n) is 8.13. The van der Waals surface area contributed by atoms with Gasteiger partial charge in [-0.05, 0) is 23.8 Å². The van der Waals surface area contributed by atoms with Crippen molar-refractivity contribution in [2.45, 2.75) is 5.75 Å². The molecule has 0 aromatic heterocycles. The summed E-state index contributed by atoms with van der Waals surface area (Å²) >= 11 is 0. The topological polar surface area (TPSA) is 57.7 Å². The zero-order valence-corrected chi connectivity index (χ0v) is 14.8. The normalized spacial score (nSPS) is 15.8. The Morgan fingerprint density at radius 1 is 0.923 bits per heavy atom. The summed E-state index contributed by atoms with van der Waals surface area (Å²) in [7, 11) is -3.48. The van der Waals surface area contributed by atoms with Crippen molar-refractivity contribution in [1.82, 2.24) is 9.21 Å². The second-order valence-electron chi connectivity index (χ2n) is 6.06. The standard InChI is InChI=1S/C18H18F2N2O3S/c19-16-7-6-15(12-17(16)20)18(23)21-8-10-22(11-9-21)26(24,25)13-14-4-2-1-3-5-14/h1-7,12H,8-11,13H2. The van der Waals surface area contributed by atoms with Crippen molar-refractivity contribution in [1.29, 1.82) is 0 Å². The van der Waals surface area contributed by atoms with Gasteiger partial charge in [0.05, 0.1) is 5.75 Å². The van der Waals surface area contributed by atoms with E-state index in [9.17, 15) is 22.0 Å². The molecule has 0 aliphatic carbocycles. The highest BCUT2D eigenvalue weighted by Crippen LogP contribution is 2.16. The third kappa shape index (κ3) is 4.08. The van der Waals surface area contributed by atoms with E-state index in [2.05, 4.69) is 0 Å². The number of amides is 1. The molecule has 2 aromatic carbocycles. The van der Waals surface area contributed by atoms with Crippen LogP contribution < -0.4 is 0 Å². The van der Waals surface area contributed by atoms with Crippen LogP contribution in [0.1, 0.15) is 15.9 Å². The van der Waals surface area contributed by atoms with Crippen molar-refractivity contribution in [2.24, 2.45) is 0 Å². The molecule has 1 fully saturated rings. The molecule has 1 aliphatic rings. The second kappa shape index (κ2) is 7.51. The van der Waals surface area contributed by atoms with Gasteiger partial charge in [0.1, 0.15) is 0 Å². The van der Waals surface area contributed by atoms with Crippen LogP contribution in [0.2, 0.25) is 0 Å². The lowest BCUT2D eigenvalue weighted by molar-refractivity contribution is 0.0697. The number of piperazine rings is 1. The molecular formula is C18H18F2N2O3S. The monoisotopic (exact) mass is 380 g/mol. The van der Waals surface area contributed by atoms with Crippen LogP contribution in [0.15, 0.2) is 48.5 Å². The molecule has 1 aliphatic heterocycles. The summed E-state index contributed by atoms with van der Waals surface area (Å²) in [6.07, 6.45) is 0. The fraction of sp³-hybridized carbons (Fsp3) is 0.278. The first kappa shape index (κ1) is 18.5. The van der Waals surface area contributed by atoms with Crippen molar-refractivity contribution in [2.75, 3.05) is 26.2 Å². The Morgan fingerprint density at radius 2 is 1.58 bits per heavy atom. The maximum absolute atomic E-state index is 13.3. The molecule has 0 N–H and O–H groups in total. The molecule has 5 nitrogen and oxygen atoms in total. The van der Waals surface area contributed by atoms with Crippen LogP contribution >= 0.6 is 0 Å². The Morgan fingerprint density at radius 3 is 2.19 bits per heavy atom. The van der Waals surface area contributed by atoms with Crippen LogP contribution in [-0.4, -0.2) is 49.7 Å². The summed E-state index contributed by atoms with van der Waals surface area (Å²) < 4.78 is 52.7. The number of halogens is 2. The number of hydrogen-bond donors (Lipinski definition) is 0. The Hall–Kier alpha value is -2.32. The number of rotatable bonds is 4. The fourth-order valence-corrected chi connectivity index (χ4v) is 4.37. The van der Waals surface area contributed by atoms with E-state index in [1.165, 1.54) is 15.3 Å². The van der Waals surface area contributed by atoms with Crippen LogP contribution in [0.3, 0.4) is 0 Å². The van der Waals surface area contributed by atoms with Gasteiger partial charge in [-0.3, -0.25) is 4.79 Å². The van der Waals surface area contributed by atoms with Crippen LogP contribution in [0.4, 0.5) is 8.78 Å². The Balaban J connectivity index is 1.63. The Bertz CT molecular complexity index is 896. The minimum absolute atomic E-state index is 0.0458. The van der Waals surface area contributed by atoms with Crippen LogP contribution in [-0.2, 0) is 15.8 Å². The maximum atomic E-state index is 13.3. The molecule has 1 saturated heterocycles. The summed E-state index contributed by atoms with van der Waals surface area (Å²) in [6, 6.07) is 11.9. The van der Waals surface area contributed by atoms with Crippen molar-refractivity contribution < 1.29 is 22.0 Å². The molecule has 26 heavy (non-hydrogen) atoms. The summed E-state index contributed by atoms with van der Waals surface area (Å²) in [5.74, 6) is -2.63. The van der Waals surface area contributed by atoms with Crippen molar-refractivity contribution >= 4 is 15.9 Å². The maximum Gasteiger partial charge on any atom is 0.254 e. The summed E-state index contributed by atoms with van der Waals surface area (Å²) in [4.78, 5) is 13.8. The molecule has 1 amide bonds. The third-order valence-electron chi connectivity index (χ3n) is 4.28. The van der Waals surface area contributed by atoms with Gasteiger partial charge in [0.25, 0.3) is 5.91 Å². The molecule has 0 atom stereocenters. The molecule has 1 heterocycles. The quantitative estimate of drug-likeness (QED) is 0.818. The summed E-state index contributed by atoms with van der Waals surface area (Å²) in [5.41, 5.74) is 0.747. The smallest absolute Gasteiger partial charge is 0.254 e. The number of sulfonamides is 1. The number of benzene rings is 2. The second-order valence-corrected chi connectivity index (χ2v) is 8.03. The van der Waals surface area contributed by atoms with E-state index in [-0.39, 0.29) is 37.5 Å². The molecule has 0 bridgehead atoms. The molecular weight excluding hydrogens is 362 g/mol. The molecule has 3 rings (SSSR count). The van der Waals surface area contributed by atoms with Crippen LogP contribution in [0.5, 0.6) is 0 Å². The third-order valence-corrected chi connectivity index (χ3v) is 6.13. The van der Waals surface area contributed by atoms with E-state index in [1.807, 2.05) is 6.07 Å². The molecule has 2 aromatic rings. The summed E-state index contributed by atoms with van der Waals surface area (Å²) in [5, 5.41) is 0. The minimum Gasteiger partial charge on any atom is -0.336 e. The van der Waals surface area contributed by atoms with Gasteiger partial charge in [-0.2, -0.15) is 4.31 Å². The van der Waals surface area contributed by atoms with Gasteiger partial charge >= 0.3 is 0 Å². The predicted octanol–water partition coefficient (Wildman–Crippen LogP) is 2.25. The highest BCUT2D eigenvalue weighted by Gasteiger charge is 2.29. The first-order chi connectivity index (χ1) is 12.4. The zero-order chi connectivity index (χ0) is 18.7. The van der Waals surface area contributed by atoms with E-state index in [4.69, 9.17) is 0 Å². The molecule has 138 valence electrons. The van der Waals surface area contributed by atoms with Crippen molar-refractivity contribution in [3.8, 4) is 0 Å². The van der Waals surface area contributed by atoms with E-state index < -0.39 is 27.6 Å². The summed E-state index contributed by atoms with van der Waals surface area (Å²) in [6.45, 7) is 0.743. The average molecular weight is 380 g/mol. The predicted molar refractivity (Wildman–Crippen MR) is 92.9 cm³/mol. The van der Waals surface area contributed by atoms with Crippen molar-refractivity contribution in [3.63, 3.8) is 0 Å². The number of carbonyl (C=O) groups excluding carboxylic acids is 1. The largest absolute Gasteiger partial charge is 0.336 e. The van der Waals surface area contributed by atoms with Gasteiger partial charge in [-0.25, -0.2) is 17.2 Å². The molecule has 0 unspecified atom stereocenters. The number of nitrogens with zero attached hydrogens (tertiary/aromatic N) is 2. The van der Waals surface area contributed by atoms with Gasteiger partial charge in [0, 0.05) is 31.7 Å². The van der Waals surface area contributed by atoms with Crippen LogP contribution in [0.25, 0.3) is 0 Å². The lowest BCUT2D eigenvalue weighted by Crippen LogP contribution is -2.50. The highest BCUT2D eigenvalue weighted by molar-refractivity contribution is 7.88. The van der Waals surface area contributed by atoms with E-state index in [0.717, 1.165) is 12.1 Å². The SMILES string of the molecule is O=C(c1ccc(F)c(F)c1)N1CCN(S(=O)(=O)Cc2ccccc2)CC1. The first-order valence-corrected chi connectivity index (χ1v) is 9.74. The lowest BCUT2D eigenvalue weighted by atomic mass is 10.1. The Labute approximate surface area is 150 Å². The van der Waals surface area contributed by atoms with E-state index >= 15 is 0 Å². The molecule has 0 spiro atoms. The molecule has 0 saturated carbocycles. The van der Waals surface area contributed by atoms with Crippen LogP contribution in [0, 0.1) is 11.6 Å². The lowest BCUT2D eigenvalue weighted by Gasteiger charge is -2.34. The van der Waals surface area contributed by atoms with Gasteiger partial charge in [-0.1, -0.05) is 30.3 Å². The minimum atomic E-state index is -3.48. The average Bonchev–Trinajstić information content (AvgIpc) is 2.64. The Kier molecular flexibility index (Phi) is 5.33. The van der Waals surface area contributed by atoms with Crippen molar-refractivity contribution in [3.05, 3.63) is 71.3 Å². The molecule has 0 radical (unpaired) electrons. The van der Waals surface area contributed by atoms with Gasteiger partial charge in [0.2, 0.25) is 10.0 Å². The van der Waals surface area contributed by atoms with Gasteiger partial charge < -0.3 is 4.90 Å². The van der Waals surface area contributed by atoms with E-state index in [1.54, 1.807) is 24.3 Å². The molecule has 8 heteroatoms. The fourth-order valence-electron chi connectivity index (χ4n) is 2.86. The van der Waals surface area contributed by atoms with Gasteiger partial charge in [0.15, 0.2) is 11.6 Å². The van der Waals surface area contributed by atoms with Gasteiger partial charge in [-0.15, -0.1) is 0 Å². The van der Waals surface area contributed by atoms with E-state index in [0.29, 0.717) is 5.56 Å².